The van der Waals surface area contributed by atoms with Crippen molar-refractivity contribution < 1.29 is 14.3 Å². The number of thiocarbonyl (C=S) groups is 1. The van der Waals surface area contributed by atoms with Gasteiger partial charge in [0.1, 0.15) is 0 Å². The normalized spacial score (nSPS) is 13.5. The van der Waals surface area contributed by atoms with Gasteiger partial charge in [-0.1, -0.05) is 24.3 Å². The van der Waals surface area contributed by atoms with Crippen molar-refractivity contribution in [2.45, 2.75) is 25.8 Å². The third kappa shape index (κ3) is 3.91. The van der Waals surface area contributed by atoms with Gasteiger partial charge in [-0.25, -0.2) is 4.68 Å². The Balaban J connectivity index is 1.20. The molecule has 1 aromatic heterocycles. The first-order valence-electron chi connectivity index (χ1n) is 10.1. The van der Waals surface area contributed by atoms with Crippen LogP contribution in [0.5, 0.6) is 11.5 Å². The smallest absolute Gasteiger partial charge is 0.290 e. The van der Waals surface area contributed by atoms with E-state index in [-0.39, 0.29) is 12.7 Å². The van der Waals surface area contributed by atoms with Gasteiger partial charge in [0.25, 0.3) is 5.91 Å². The summed E-state index contributed by atoms with van der Waals surface area (Å²) in [5.74, 6) is 1.15. The molecule has 0 saturated carbocycles. The second-order valence-corrected chi connectivity index (χ2v) is 7.73. The van der Waals surface area contributed by atoms with Crippen LogP contribution in [0.3, 0.4) is 0 Å². The zero-order valence-corrected chi connectivity index (χ0v) is 17.5. The maximum absolute atomic E-state index is 12.8. The van der Waals surface area contributed by atoms with Crippen molar-refractivity contribution in [3.05, 3.63) is 71.0 Å². The van der Waals surface area contributed by atoms with Gasteiger partial charge in [-0.2, -0.15) is 5.10 Å². The minimum Gasteiger partial charge on any atom is -0.454 e. The number of amides is 1. The molecule has 0 fully saturated rings. The molecule has 9 heteroatoms. The van der Waals surface area contributed by atoms with Crippen molar-refractivity contribution in [2.24, 2.45) is 0 Å². The second-order valence-electron chi connectivity index (χ2n) is 7.32. The Morgan fingerprint density at radius 3 is 2.77 bits per heavy atom. The van der Waals surface area contributed by atoms with Crippen LogP contribution in [0.15, 0.2) is 48.5 Å². The van der Waals surface area contributed by atoms with Crippen molar-refractivity contribution >= 4 is 23.2 Å². The molecule has 2 heterocycles. The first-order valence-corrected chi connectivity index (χ1v) is 10.5. The highest BCUT2D eigenvalue weighted by Gasteiger charge is 2.27. The maximum atomic E-state index is 12.8. The summed E-state index contributed by atoms with van der Waals surface area (Å²) in [6, 6.07) is 15.6. The summed E-state index contributed by atoms with van der Waals surface area (Å²) in [6.07, 6.45) is 2.77. The molecule has 158 valence electrons. The van der Waals surface area contributed by atoms with E-state index in [4.69, 9.17) is 21.7 Å². The average Bonchev–Trinajstić information content (AvgIpc) is 3.52. The summed E-state index contributed by atoms with van der Waals surface area (Å²) in [5, 5.41) is 7.96. The zero-order chi connectivity index (χ0) is 21.2. The molecule has 0 bridgehead atoms. The number of fused-ring (bicyclic) bond motifs is 2. The third-order valence-corrected chi connectivity index (χ3v) is 5.57. The van der Waals surface area contributed by atoms with E-state index >= 15 is 0 Å². The van der Waals surface area contributed by atoms with Crippen LogP contribution < -0.4 is 25.6 Å². The van der Waals surface area contributed by atoms with Gasteiger partial charge >= 0.3 is 0 Å². The minimum atomic E-state index is -0.305. The number of rotatable bonds is 4. The molecule has 0 saturated heterocycles. The van der Waals surface area contributed by atoms with Crippen LogP contribution in [-0.4, -0.2) is 27.6 Å². The Hall–Kier alpha value is -3.59. The Labute approximate surface area is 184 Å². The fourth-order valence-electron chi connectivity index (χ4n) is 3.85. The number of carbonyl (C=O) groups excluding carboxylic acids is 1. The number of nitrogens with zero attached hydrogens (tertiary/aromatic N) is 2. The molecule has 1 amide bonds. The van der Waals surface area contributed by atoms with Crippen LogP contribution in [0, 0.1) is 0 Å². The summed E-state index contributed by atoms with van der Waals surface area (Å²) in [4.78, 5) is 12.8. The molecule has 1 aliphatic heterocycles. The predicted octanol–water partition coefficient (Wildman–Crippen LogP) is 2.40. The molecule has 5 rings (SSSR count). The summed E-state index contributed by atoms with van der Waals surface area (Å²) in [7, 11) is 0. The predicted molar refractivity (Wildman–Crippen MR) is 118 cm³/mol. The Bertz CT molecular complexity index is 1150. The van der Waals surface area contributed by atoms with E-state index in [0.717, 1.165) is 47.5 Å². The van der Waals surface area contributed by atoms with E-state index in [0.29, 0.717) is 23.1 Å². The second kappa shape index (κ2) is 8.27. The molecule has 0 unspecified atom stereocenters. The van der Waals surface area contributed by atoms with E-state index in [1.54, 1.807) is 0 Å². The first-order chi connectivity index (χ1) is 15.2. The van der Waals surface area contributed by atoms with Gasteiger partial charge in [-0.05, 0) is 61.3 Å². The largest absolute Gasteiger partial charge is 0.454 e. The van der Waals surface area contributed by atoms with Crippen molar-refractivity contribution in [1.29, 1.82) is 0 Å². The monoisotopic (exact) mass is 435 g/mol. The van der Waals surface area contributed by atoms with E-state index in [2.05, 4.69) is 21.3 Å². The van der Waals surface area contributed by atoms with Crippen LogP contribution >= 0.6 is 12.2 Å². The molecule has 0 spiro atoms. The van der Waals surface area contributed by atoms with Gasteiger partial charge in [0.15, 0.2) is 22.3 Å². The van der Waals surface area contributed by atoms with E-state index in [1.165, 1.54) is 0 Å². The number of hydrogen-bond donors (Lipinski definition) is 3. The molecule has 0 radical (unpaired) electrons. The number of carbonyl (C=O) groups is 1. The number of benzene rings is 2. The van der Waals surface area contributed by atoms with Crippen LogP contribution in [0.2, 0.25) is 0 Å². The Kier molecular flexibility index (Phi) is 5.17. The number of hydrogen-bond acceptors (Lipinski definition) is 5. The molecule has 1 aliphatic carbocycles. The highest BCUT2D eigenvalue weighted by atomic mass is 32.1. The van der Waals surface area contributed by atoms with Crippen LogP contribution in [0.25, 0.3) is 5.69 Å². The Morgan fingerprint density at radius 2 is 1.90 bits per heavy atom. The first kappa shape index (κ1) is 19.4. The van der Waals surface area contributed by atoms with Crippen molar-refractivity contribution in [3.63, 3.8) is 0 Å². The maximum Gasteiger partial charge on any atom is 0.290 e. The Morgan fingerprint density at radius 1 is 1.06 bits per heavy atom. The van der Waals surface area contributed by atoms with E-state index < -0.39 is 0 Å². The fraction of sp³-hybridized carbons (Fsp3) is 0.227. The van der Waals surface area contributed by atoms with Crippen molar-refractivity contribution in [2.75, 3.05) is 6.79 Å². The number of ether oxygens (including phenoxy) is 2. The number of para-hydroxylation sites is 1. The van der Waals surface area contributed by atoms with E-state index in [9.17, 15) is 4.79 Å². The van der Waals surface area contributed by atoms with Crippen LogP contribution in [-0.2, 0) is 19.4 Å². The molecule has 3 aromatic rings. The van der Waals surface area contributed by atoms with Crippen LogP contribution in [0.4, 0.5) is 0 Å². The zero-order valence-electron chi connectivity index (χ0n) is 16.7. The van der Waals surface area contributed by atoms with Crippen molar-refractivity contribution in [3.8, 4) is 17.2 Å². The molecular formula is C22H21N5O3S. The lowest BCUT2D eigenvalue weighted by Crippen LogP contribution is -2.46. The molecular weight excluding hydrogens is 414 g/mol. The highest BCUT2D eigenvalue weighted by molar-refractivity contribution is 7.80. The fourth-order valence-corrected chi connectivity index (χ4v) is 3.98. The van der Waals surface area contributed by atoms with Crippen LogP contribution in [0.1, 0.15) is 33.7 Å². The molecule has 2 aromatic carbocycles. The number of hydrazine groups is 1. The van der Waals surface area contributed by atoms with Gasteiger partial charge in [0, 0.05) is 17.8 Å². The minimum absolute atomic E-state index is 0.238. The summed E-state index contributed by atoms with van der Waals surface area (Å²) in [5.41, 5.74) is 9.89. The lowest BCUT2D eigenvalue weighted by Gasteiger charge is -2.11. The SMILES string of the molecule is O=C(NNC(=S)NCc1ccc2c(c1)OCO2)c1nn(-c2ccccc2)c2c1CCC2. The summed E-state index contributed by atoms with van der Waals surface area (Å²) in [6.45, 7) is 0.721. The number of nitrogens with one attached hydrogen (secondary N) is 3. The van der Waals surface area contributed by atoms with Gasteiger partial charge < -0.3 is 14.8 Å². The standard InChI is InChI=1S/C22H21N5O3S/c28-21(20-16-7-4-8-17(16)27(26-20)15-5-2-1-3-6-15)24-25-22(31)23-12-14-9-10-18-19(11-14)30-13-29-18/h1-3,5-6,9-11H,4,7-8,12-13H2,(H,24,28)(H2,23,25,31). The third-order valence-electron chi connectivity index (χ3n) is 5.33. The lowest BCUT2D eigenvalue weighted by molar-refractivity contribution is 0.0937. The molecule has 31 heavy (non-hydrogen) atoms. The average molecular weight is 436 g/mol. The summed E-state index contributed by atoms with van der Waals surface area (Å²) >= 11 is 5.28. The molecule has 8 nitrogen and oxygen atoms in total. The molecule has 3 N–H and O–H groups in total. The molecule has 0 atom stereocenters. The van der Waals surface area contributed by atoms with Gasteiger partial charge in [0.05, 0.1) is 5.69 Å². The van der Waals surface area contributed by atoms with Gasteiger partial charge in [-0.15, -0.1) is 0 Å². The van der Waals surface area contributed by atoms with Gasteiger partial charge in [0.2, 0.25) is 6.79 Å². The highest BCUT2D eigenvalue weighted by Crippen LogP contribution is 2.32. The molecule has 2 aliphatic rings. The van der Waals surface area contributed by atoms with E-state index in [1.807, 2.05) is 53.2 Å². The summed E-state index contributed by atoms with van der Waals surface area (Å²) < 4.78 is 12.6. The number of aromatic nitrogens is 2. The van der Waals surface area contributed by atoms with Gasteiger partial charge in [-0.3, -0.25) is 15.6 Å². The van der Waals surface area contributed by atoms with Crippen molar-refractivity contribution in [1.82, 2.24) is 25.9 Å². The quantitative estimate of drug-likeness (QED) is 0.428. The topological polar surface area (TPSA) is 89.4 Å². The lowest BCUT2D eigenvalue weighted by atomic mass is 10.2.